The molecule has 2 N–H and O–H groups in total. The molecule has 0 aliphatic carbocycles. The van der Waals surface area contributed by atoms with E-state index in [0.717, 1.165) is 12.1 Å². The van der Waals surface area contributed by atoms with E-state index in [4.69, 9.17) is 0 Å². The molecule has 2 aromatic rings. The number of hydrogen-bond donors (Lipinski definition) is 2. The summed E-state index contributed by atoms with van der Waals surface area (Å²) in [4.78, 5) is 23.3. The van der Waals surface area contributed by atoms with Gasteiger partial charge in [0.25, 0.3) is 5.91 Å². The van der Waals surface area contributed by atoms with E-state index in [0.29, 0.717) is 24.1 Å². The van der Waals surface area contributed by atoms with Crippen molar-refractivity contribution in [3.63, 3.8) is 0 Å². The van der Waals surface area contributed by atoms with Crippen molar-refractivity contribution >= 4 is 23.2 Å². The first kappa shape index (κ1) is 19.0. The Morgan fingerprint density at radius 2 is 1.72 bits per heavy atom. The summed E-state index contributed by atoms with van der Waals surface area (Å²) < 4.78 is 37.4. The maximum atomic E-state index is 12.5. The Labute approximate surface area is 147 Å². The summed E-state index contributed by atoms with van der Waals surface area (Å²) in [5, 5.41) is 8.84. The van der Waals surface area contributed by atoms with Gasteiger partial charge >= 0.3 is 6.18 Å². The zero-order valence-electron chi connectivity index (χ0n) is 13.2. The third-order valence-corrected chi connectivity index (χ3v) is 4.12. The van der Waals surface area contributed by atoms with Crippen molar-refractivity contribution in [3.8, 4) is 0 Å². The number of hydrogen-bond acceptors (Lipinski definition) is 3. The van der Waals surface area contributed by atoms with Gasteiger partial charge in [0.15, 0.2) is 0 Å². The molecule has 0 aliphatic rings. The van der Waals surface area contributed by atoms with E-state index in [9.17, 15) is 22.8 Å². The minimum atomic E-state index is -4.35. The molecule has 25 heavy (non-hydrogen) atoms. The van der Waals surface area contributed by atoms with E-state index in [1.54, 1.807) is 16.8 Å². The lowest BCUT2D eigenvalue weighted by molar-refractivity contribution is -0.137. The summed E-state index contributed by atoms with van der Waals surface area (Å²) in [7, 11) is 0. The third kappa shape index (κ3) is 6.22. The van der Waals surface area contributed by atoms with E-state index < -0.39 is 11.7 Å². The number of rotatable bonds is 7. The highest BCUT2D eigenvalue weighted by Crippen LogP contribution is 2.29. The lowest BCUT2D eigenvalue weighted by Gasteiger charge is -2.08. The van der Waals surface area contributed by atoms with Crippen molar-refractivity contribution < 1.29 is 22.8 Å². The molecule has 4 nitrogen and oxygen atoms in total. The summed E-state index contributed by atoms with van der Waals surface area (Å²) in [5.74, 6) is -0.448. The van der Waals surface area contributed by atoms with Gasteiger partial charge in [0.1, 0.15) is 0 Å². The number of halogens is 3. The Morgan fingerprint density at radius 1 is 1.00 bits per heavy atom. The molecule has 2 rings (SSSR count). The van der Waals surface area contributed by atoms with Gasteiger partial charge in [0.05, 0.1) is 5.56 Å². The van der Waals surface area contributed by atoms with Gasteiger partial charge in [-0.25, -0.2) is 0 Å². The number of carbonyl (C=O) groups excluding carboxylic acids is 2. The second-order valence-electron chi connectivity index (χ2n) is 5.31. The fourth-order valence-electron chi connectivity index (χ4n) is 2.08. The van der Waals surface area contributed by atoms with Crippen LogP contribution in [-0.4, -0.2) is 24.9 Å². The quantitative estimate of drug-likeness (QED) is 0.786. The molecule has 0 spiro atoms. The lowest BCUT2D eigenvalue weighted by atomic mass is 10.1. The van der Waals surface area contributed by atoms with Gasteiger partial charge < -0.3 is 10.6 Å². The molecule has 0 saturated carbocycles. The molecule has 0 saturated heterocycles. The Balaban J connectivity index is 1.64. The zero-order valence-corrected chi connectivity index (χ0v) is 14.0. The highest BCUT2D eigenvalue weighted by molar-refractivity contribution is 7.08. The molecule has 0 radical (unpaired) electrons. The molecule has 134 valence electrons. The van der Waals surface area contributed by atoms with Gasteiger partial charge in [-0.1, -0.05) is 12.1 Å². The van der Waals surface area contributed by atoms with Gasteiger partial charge in [-0.05, 0) is 35.6 Å². The largest absolute Gasteiger partial charge is 0.416 e. The van der Waals surface area contributed by atoms with Crippen molar-refractivity contribution in [2.75, 3.05) is 13.1 Å². The summed E-state index contributed by atoms with van der Waals surface area (Å²) in [6.45, 7) is 0.545. The highest BCUT2D eigenvalue weighted by Gasteiger charge is 2.29. The topological polar surface area (TPSA) is 58.2 Å². The molecule has 0 atom stereocenters. The van der Waals surface area contributed by atoms with Crippen LogP contribution in [0.2, 0.25) is 0 Å². The fraction of sp³-hybridized carbons (Fsp3) is 0.294. The minimum Gasteiger partial charge on any atom is -0.356 e. The molecule has 1 aromatic heterocycles. The van der Waals surface area contributed by atoms with Crippen LogP contribution < -0.4 is 10.6 Å². The van der Waals surface area contributed by atoms with Crippen LogP contribution in [0, 0.1) is 0 Å². The summed E-state index contributed by atoms with van der Waals surface area (Å²) in [6.07, 6.45) is -3.77. The fourth-order valence-corrected chi connectivity index (χ4v) is 2.72. The zero-order chi connectivity index (χ0) is 18.3. The van der Waals surface area contributed by atoms with Gasteiger partial charge in [0.2, 0.25) is 5.91 Å². The van der Waals surface area contributed by atoms with Crippen LogP contribution in [0.1, 0.15) is 27.9 Å². The molecule has 1 aromatic carbocycles. The number of nitrogens with one attached hydrogen (secondary N) is 2. The number of amides is 2. The van der Waals surface area contributed by atoms with Crippen molar-refractivity contribution in [2.24, 2.45) is 0 Å². The smallest absolute Gasteiger partial charge is 0.356 e. The van der Waals surface area contributed by atoms with Crippen molar-refractivity contribution in [1.82, 2.24) is 10.6 Å². The first-order chi connectivity index (χ1) is 11.9. The second kappa shape index (κ2) is 8.66. The Kier molecular flexibility index (Phi) is 6.58. The summed E-state index contributed by atoms with van der Waals surface area (Å²) in [6, 6.07) is 6.55. The average molecular weight is 370 g/mol. The van der Waals surface area contributed by atoms with Crippen LogP contribution in [0.25, 0.3) is 0 Å². The van der Waals surface area contributed by atoms with Crippen molar-refractivity contribution in [1.29, 1.82) is 0 Å². The van der Waals surface area contributed by atoms with E-state index in [2.05, 4.69) is 10.6 Å². The van der Waals surface area contributed by atoms with Crippen LogP contribution in [-0.2, 0) is 17.4 Å². The highest BCUT2D eigenvalue weighted by atomic mass is 32.1. The summed E-state index contributed by atoms with van der Waals surface area (Å²) >= 11 is 1.42. The molecule has 2 amide bonds. The third-order valence-electron chi connectivity index (χ3n) is 3.44. The lowest BCUT2D eigenvalue weighted by Crippen LogP contribution is -2.31. The Hall–Kier alpha value is -2.35. The normalized spacial score (nSPS) is 11.2. The first-order valence-electron chi connectivity index (χ1n) is 7.59. The average Bonchev–Trinajstić information content (AvgIpc) is 3.09. The van der Waals surface area contributed by atoms with Crippen LogP contribution in [0.15, 0.2) is 41.1 Å². The van der Waals surface area contributed by atoms with Gasteiger partial charge in [0, 0.05) is 30.5 Å². The van der Waals surface area contributed by atoms with Crippen molar-refractivity contribution in [2.45, 2.75) is 19.0 Å². The van der Waals surface area contributed by atoms with E-state index >= 15 is 0 Å². The SMILES string of the molecule is O=C(CCNC(=O)c1ccsc1)NCCc1ccc(C(F)(F)F)cc1. The van der Waals surface area contributed by atoms with E-state index in [-0.39, 0.29) is 24.8 Å². The number of alkyl halides is 3. The number of thiophene rings is 1. The second-order valence-corrected chi connectivity index (χ2v) is 6.09. The maximum Gasteiger partial charge on any atom is 0.416 e. The standard InChI is InChI=1S/C17H17F3N2O2S/c18-17(19,20)14-3-1-12(2-4-14)5-8-21-15(23)6-9-22-16(24)13-7-10-25-11-13/h1-4,7,10-11H,5-6,8-9H2,(H,21,23)(H,22,24). The maximum absolute atomic E-state index is 12.5. The van der Waals surface area contributed by atoms with Gasteiger partial charge in [-0.15, -0.1) is 0 Å². The molecular formula is C17H17F3N2O2S. The Morgan fingerprint density at radius 3 is 2.32 bits per heavy atom. The van der Waals surface area contributed by atoms with E-state index in [1.165, 1.54) is 23.5 Å². The summed E-state index contributed by atoms with van der Waals surface area (Å²) in [5.41, 5.74) is 0.577. The van der Waals surface area contributed by atoms with Gasteiger partial charge in [-0.2, -0.15) is 24.5 Å². The molecule has 0 unspecified atom stereocenters. The first-order valence-corrected chi connectivity index (χ1v) is 8.54. The van der Waals surface area contributed by atoms with Crippen LogP contribution in [0.4, 0.5) is 13.2 Å². The number of benzene rings is 1. The van der Waals surface area contributed by atoms with Crippen molar-refractivity contribution in [3.05, 3.63) is 57.8 Å². The van der Waals surface area contributed by atoms with Crippen LogP contribution in [0.3, 0.4) is 0 Å². The molecular weight excluding hydrogens is 353 g/mol. The van der Waals surface area contributed by atoms with E-state index in [1.807, 2.05) is 0 Å². The molecule has 8 heteroatoms. The molecule has 1 heterocycles. The van der Waals surface area contributed by atoms with Crippen LogP contribution in [0.5, 0.6) is 0 Å². The Bertz CT molecular complexity index is 698. The monoisotopic (exact) mass is 370 g/mol. The minimum absolute atomic E-state index is 0.142. The predicted molar refractivity (Wildman–Crippen MR) is 89.4 cm³/mol. The predicted octanol–water partition coefficient (Wildman–Crippen LogP) is 3.25. The molecule has 0 fully saturated rings. The molecule has 0 bridgehead atoms. The van der Waals surface area contributed by atoms with Gasteiger partial charge in [-0.3, -0.25) is 9.59 Å². The number of carbonyl (C=O) groups is 2. The molecule has 0 aliphatic heterocycles. The van der Waals surface area contributed by atoms with Crippen LogP contribution >= 0.6 is 11.3 Å².